The SMILES string of the molecule is COc1cccc(CC2CCCN2C(=O)CCC(=O)N(CCC#N)c2ccccc2)c1. The smallest absolute Gasteiger partial charge is 0.227 e. The Bertz CT molecular complexity index is 923. The molecule has 0 spiro atoms. The average molecular weight is 420 g/mol. The average Bonchev–Trinajstić information content (AvgIpc) is 3.26. The van der Waals surface area contributed by atoms with E-state index in [1.807, 2.05) is 53.4 Å². The van der Waals surface area contributed by atoms with Crippen LogP contribution in [0.4, 0.5) is 5.69 Å². The largest absolute Gasteiger partial charge is 0.497 e. The van der Waals surface area contributed by atoms with E-state index in [0.717, 1.165) is 42.8 Å². The van der Waals surface area contributed by atoms with E-state index >= 15 is 0 Å². The minimum Gasteiger partial charge on any atom is -0.497 e. The zero-order valence-electron chi connectivity index (χ0n) is 18.0. The Labute approximate surface area is 184 Å². The van der Waals surface area contributed by atoms with Gasteiger partial charge in [-0.05, 0) is 49.1 Å². The lowest BCUT2D eigenvalue weighted by atomic mass is 10.0. The Balaban J connectivity index is 1.59. The number of carbonyl (C=O) groups is 2. The van der Waals surface area contributed by atoms with Crippen LogP contribution in [0.25, 0.3) is 0 Å². The lowest BCUT2D eigenvalue weighted by Crippen LogP contribution is -2.38. The molecule has 1 heterocycles. The van der Waals surface area contributed by atoms with E-state index in [4.69, 9.17) is 10.00 Å². The highest BCUT2D eigenvalue weighted by Gasteiger charge is 2.29. The molecular formula is C25H29N3O3. The molecule has 3 rings (SSSR count). The number of ether oxygens (including phenoxy) is 1. The summed E-state index contributed by atoms with van der Waals surface area (Å²) in [6, 6.07) is 19.5. The molecule has 2 aromatic carbocycles. The molecule has 0 bridgehead atoms. The highest BCUT2D eigenvalue weighted by atomic mass is 16.5. The van der Waals surface area contributed by atoms with Crippen molar-refractivity contribution < 1.29 is 14.3 Å². The third-order valence-corrected chi connectivity index (χ3v) is 5.67. The van der Waals surface area contributed by atoms with Gasteiger partial charge in [0.05, 0.1) is 19.6 Å². The first-order valence-electron chi connectivity index (χ1n) is 10.8. The molecule has 6 nitrogen and oxygen atoms in total. The Morgan fingerprint density at radius 3 is 2.71 bits per heavy atom. The first-order chi connectivity index (χ1) is 15.1. The van der Waals surface area contributed by atoms with Crippen LogP contribution in [-0.2, 0) is 16.0 Å². The van der Waals surface area contributed by atoms with E-state index in [2.05, 4.69) is 12.1 Å². The molecule has 31 heavy (non-hydrogen) atoms. The summed E-state index contributed by atoms with van der Waals surface area (Å²) in [7, 11) is 1.65. The fourth-order valence-electron chi connectivity index (χ4n) is 4.11. The quantitative estimate of drug-likeness (QED) is 0.617. The fraction of sp³-hybridized carbons (Fsp3) is 0.400. The number of anilines is 1. The zero-order valence-corrected chi connectivity index (χ0v) is 18.0. The summed E-state index contributed by atoms with van der Waals surface area (Å²) < 4.78 is 5.30. The lowest BCUT2D eigenvalue weighted by Gasteiger charge is -2.26. The van der Waals surface area contributed by atoms with Crippen molar-refractivity contribution >= 4 is 17.5 Å². The second kappa shape index (κ2) is 11.2. The molecular weight excluding hydrogens is 390 g/mol. The lowest BCUT2D eigenvalue weighted by molar-refractivity contribution is -0.133. The van der Waals surface area contributed by atoms with Gasteiger partial charge in [0, 0.05) is 37.7 Å². The third-order valence-electron chi connectivity index (χ3n) is 5.67. The van der Waals surface area contributed by atoms with Gasteiger partial charge in [-0.1, -0.05) is 30.3 Å². The number of methoxy groups -OCH3 is 1. The van der Waals surface area contributed by atoms with Gasteiger partial charge in [0.25, 0.3) is 0 Å². The van der Waals surface area contributed by atoms with Crippen LogP contribution in [0.5, 0.6) is 5.75 Å². The van der Waals surface area contributed by atoms with Crippen LogP contribution in [0.2, 0.25) is 0 Å². The first kappa shape index (κ1) is 22.4. The second-order valence-corrected chi connectivity index (χ2v) is 7.73. The van der Waals surface area contributed by atoms with Gasteiger partial charge in [-0.15, -0.1) is 0 Å². The summed E-state index contributed by atoms with van der Waals surface area (Å²) in [4.78, 5) is 29.3. The normalized spacial score (nSPS) is 15.4. The molecule has 1 saturated heterocycles. The Morgan fingerprint density at radius 2 is 1.97 bits per heavy atom. The van der Waals surface area contributed by atoms with E-state index in [9.17, 15) is 9.59 Å². The van der Waals surface area contributed by atoms with Gasteiger partial charge in [-0.2, -0.15) is 5.26 Å². The van der Waals surface area contributed by atoms with Crippen LogP contribution in [0, 0.1) is 11.3 Å². The van der Waals surface area contributed by atoms with Gasteiger partial charge in [0.2, 0.25) is 11.8 Å². The molecule has 2 aromatic rings. The number of nitrogens with zero attached hydrogens (tertiary/aromatic N) is 3. The van der Waals surface area contributed by atoms with Crippen LogP contribution < -0.4 is 9.64 Å². The zero-order chi connectivity index (χ0) is 22.1. The van der Waals surface area contributed by atoms with Gasteiger partial charge in [-0.25, -0.2) is 0 Å². The Morgan fingerprint density at radius 1 is 1.16 bits per heavy atom. The van der Waals surface area contributed by atoms with Crippen molar-refractivity contribution in [3.63, 3.8) is 0 Å². The topological polar surface area (TPSA) is 73.6 Å². The molecule has 162 valence electrons. The maximum absolute atomic E-state index is 12.9. The minimum absolute atomic E-state index is 0.0204. The predicted octanol–water partition coefficient (Wildman–Crippen LogP) is 3.96. The van der Waals surface area contributed by atoms with Gasteiger partial charge < -0.3 is 14.5 Å². The molecule has 0 aromatic heterocycles. The fourth-order valence-corrected chi connectivity index (χ4v) is 4.11. The first-order valence-corrected chi connectivity index (χ1v) is 10.8. The highest BCUT2D eigenvalue weighted by molar-refractivity contribution is 5.95. The van der Waals surface area contributed by atoms with Gasteiger partial charge in [-0.3, -0.25) is 9.59 Å². The third kappa shape index (κ3) is 6.08. The number of hydrogen-bond acceptors (Lipinski definition) is 4. The van der Waals surface area contributed by atoms with Gasteiger partial charge in [0.1, 0.15) is 5.75 Å². The number of hydrogen-bond donors (Lipinski definition) is 0. The number of nitriles is 1. The molecule has 1 unspecified atom stereocenters. The van der Waals surface area contributed by atoms with Crippen LogP contribution in [-0.4, -0.2) is 43.0 Å². The van der Waals surface area contributed by atoms with Crippen molar-refractivity contribution in [1.82, 2.24) is 4.90 Å². The number of para-hydroxylation sites is 1. The van der Waals surface area contributed by atoms with Crippen molar-refractivity contribution in [3.8, 4) is 11.8 Å². The van der Waals surface area contributed by atoms with Gasteiger partial charge >= 0.3 is 0 Å². The van der Waals surface area contributed by atoms with Crippen molar-refractivity contribution in [2.75, 3.05) is 25.1 Å². The molecule has 0 radical (unpaired) electrons. The highest BCUT2D eigenvalue weighted by Crippen LogP contribution is 2.24. The van der Waals surface area contributed by atoms with Crippen LogP contribution in [0.1, 0.15) is 37.7 Å². The molecule has 1 aliphatic rings. The number of likely N-dealkylation sites (tertiary alicyclic amines) is 1. The summed E-state index contributed by atoms with van der Waals surface area (Å²) in [6.07, 6.45) is 3.31. The minimum atomic E-state index is -0.127. The van der Waals surface area contributed by atoms with Crippen molar-refractivity contribution in [2.24, 2.45) is 0 Å². The second-order valence-electron chi connectivity index (χ2n) is 7.73. The number of carbonyl (C=O) groups excluding carboxylic acids is 2. The van der Waals surface area contributed by atoms with Crippen LogP contribution >= 0.6 is 0 Å². The molecule has 2 amide bonds. The number of amides is 2. The Hall–Kier alpha value is -3.33. The van der Waals surface area contributed by atoms with E-state index < -0.39 is 0 Å². The van der Waals surface area contributed by atoms with Crippen molar-refractivity contribution in [3.05, 3.63) is 60.2 Å². The van der Waals surface area contributed by atoms with Crippen LogP contribution in [0.3, 0.4) is 0 Å². The molecule has 1 aliphatic heterocycles. The molecule has 1 atom stereocenters. The summed E-state index contributed by atoms with van der Waals surface area (Å²) in [6.45, 7) is 1.06. The predicted molar refractivity (Wildman–Crippen MR) is 120 cm³/mol. The molecule has 0 N–H and O–H groups in total. The van der Waals surface area contributed by atoms with E-state index in [1.54, 1.807) is 12.0 Å². The van der Waals surface area contributed by atoms with E-state index in [-0.39, 0.29) is 37.1 Å². The summed E-state index contributed by atoms with van der Waals surface area (Å²) in [5.41, 5.74) is 1.90. The molecule has 6 heteroatoms. The molecule has 1 fully saturated rings. The van der Waals surface area contributed by atoms with Crippen molar-refractivity contribution in [1.29, 1.82) is 5.26 Å². The molecule has 0 aliphatic carbocycles. The van der Waals surface area contributed by atoms with Crippen LogP contribution in [0.15, 0.2) is 54.6 Å². The van der Waals surface area contributed by atoms with E-state index in [0.29, 0.717) is 6.54 Å². The standard InChI is InChI=1S/C25H29N3O3/c1-31-23-12-5-8-20(19-23)18-22-11-6-16-28(22)25(30)14-13-24(29)27(17-7-15-26)21-9-3-2-4-10-21/h2-5,8-10,12,19,22H,6-7,11,13-14,16-18H2,1H3. The maximum atomic E-state index is 12.9. The number of rotatable bonds is 9. The number of benzene rings is 2. The van der Waals surface area contributed by atoms with E-state index in [1.165, 1.54) is 0 Å². The molecule has 0 saturated carbocycles. The van der Waals surface area contributed by atoms with Gasteiger partial charge in [0.15, 0.2) is 0 Å². The summed E-state index contributed by atoms with van der Waals surface area (Å²) in [5, 5.41) is 8.93. The summed E-state index contributed by atoms with van der Waals surface area (Å²) >= 11 is 0. The summed E-state index contributed by atoms with van der Waals surface area (Å²) in [5.74, 6) is 0.711. The Kier molecular flexibility index (Phi) is 8.05. The van der Waals surface area contributed by atoms with Crippen molar-refractivity contribution in [2.45, 2.75) is 44.6 Å². The monoisotopic (exact) mass is 419 g/mol. The maximum Gasteiger partial charge on any atom is 0.227 e.